The van der Waals surface area contributed by atoms with Gasteiger partial charge in [-0.25, -0.2) is 9.97 Å². The first kappa shape index (κ1) is 19.9. The lowest BCUT2D eigenvalue weighted by molar-refractivity contribution is 0.0932. The summed E-state index contributed by atoms with van der Waals surface area (Å²) < 4.78 is 0.771. The van der Waals surface area contributed by atoms with Crippen molar-refractivity contribution in [2.45, 2.75) is 32.4 Å². The number of thiophene rings is 1. The summed E-state index contributed by atoms with van der Waals surface area (Å²) in [6, 6.07) is 9.42. The summed E-state index contributed by atoms with van der Waals surface area (Å²) in [4.78, 5) is 30.6. The van der Waals surface area contributed by atoms with E-state index in [0.29, 0.717) is 11.6 Å². The number of aromatic nitrogens is 4. The summed E-state index contributed by atoms with van der Waals surface area (Å²) in [5, 5.41) is 8.30. The molecule has 2 atom stereocenters. The Morgan fingerprint density at radius 3 is 2.47 bits per heavy atom. The number of nitrogens with one attached hydrogen (secondary N) is 2. The van der Waals surface area contributed by atoms with Crippen LogP contribution in [0.3, 0.4) is 0 Å². The Balaban J connectivity index is 1.61. The minimum absolute atomic E-state index is 0.0514. The van der Waals surface area contributed by atoms with Crippen molar-refractivity contribution < 1.29 is 4.79 Å². The molecule has 0 radical (unpaired) electrons. The topological polar surface area (TPSA) is 92.7 Å². The Morgan fingerprint density at radius 1 is 1.07 bits per heavy atom. The van der Waals surface area contributed by atoms with Crippen LogP contribution < -0.4 is 10.6 Å². The third-order valence-electron chi connectivity index (χ3n) is 4.85. The van der Waals surface area contributed by atoms with Crippen LogP contribution in [-0.4, -0.2) is 25.8 Å². The van der Waals surface area contributed by atoms with Gasteiger partial charge in [0.25, 0.3) is 5.91 Å². The second-order valence-corrected chi connectivity index (χ2v) is 7.82. The quantitative estimate of drug-likeness (QED) is 0.458. The molecule has 1 amide bonds. The molecule has 4 aromatic heterocycles. The highest BCUT2D eigenvalue weighted by atomic mass is 32.1. The molecule has 0 aliphatic carbocycles. The summed E-state index contributed by atoms with van der Waals surface area (Å²) in [7, 11) is 0. The van der Waals surface area contributed by atoms with Gasteiger partial charge in [-0.2, -0.15) is 0 Å². The smallest absolute Gasteiger partial charge is 0.272 e. The number of nitrogens with zero attached hydrogens (tertiary/aromatic N) is 4. The van der Waals surface area contributed by atoms with Crippen molar-refractivity contribution in [2.75, 3.05) is 5.32 Å². The van der Waals surface area contributed by atoms with Gasteiger partial charge >= 0.3 is 0 Å². The van der Waals surface area contributed by atoms with Crippen LogP contribution >= 0.6 is 11.3 Å². The molecular formula is C22H22N6OS. The van der Waals surface area contributed by atoms with Crippen LogP contribution in [0.1, 0.15) is 54.0 Å². The van der Waals surface area contributed by atoms with Crippen molar-refractivity contribution in [1.29, 1.82) is 0 Å². The van der Waals surface area contributed by atoms with Crippen LogP contribution in [0.5, 0.6) is 0 Å². The molecule has 0 aliphatic heterocycles. The molecule has 0 aromatic carbocycles. The van der Waals surface area contributed by atoms with Crippen LogP contribution in [-0.2, 0) is 0 Å². The number of hydrogen-bond acceptors (Lipinski definition) is 7. The van der Waals surface area contributed by atoms with E-state index in [0.717, 1.165) is 27.8 Å². The number of pyridine rings is 2. The summed E-state index contributed by atoms with van der Waals surface area (Å²) in [6.07, 6.45) is 7.78. The maximum atomic E-state index is 13.2. The van der Waals surface area contributed by atoms with Gasteiger partial charge in [-0.05, 0) is 48.1 Å². The summed E-state index contributed by atoms with van der Waals surface area (Å²) in [5.41, 5.74) is 3.10. The van der Waals surface area contributed by atoms with Gasteiger partial charge in [0.2, 0.25) is 5.95 Å². The van der Waals surface area contributed by atoms with Gasteiger partial charge in [-0.1, -0.05) is 19.1 Å². The van der Waals surface area contributed by atoms with Crippen LogP contribution in [0.15, 0.2) is 60.5 Å². The van der Waals surface area contributed by atoms with E-state index < -0.39 is 0 Å². The molecule has 8 heteroatoms. The average molecular weight is 419 g/mol. The Kier molecular flexibility index (Phi) is 5.94. The maximum absolute atomic E-state index is 13.2. The number of rotatable bonds is 7. The zero-order valence-electron chi connectivity index (χ0n) is 16.7. The Bertz CT molecular complexity index is 1130. The molecule has 0 saturated heterocycles. The first-order valence-corrected chi connectivity index (χ1v) is 10.7. The van der Waals surface area contributed by atoms with Crippen molar-refractivity contribution in [3.63, 3.8) is 0 Å². The predicted molar refractivity (Wildman–Crippen MR) is 118 cm³/mol. The zero-order chi connectivity index (χ0) is 20.9. The van der Waals surface area contributed by atoms with Crippen molar-refractivity contribution >= 4 is 33.4 Å². The molecule has 7 nitrogen and oxygen atoms in total. The highest BCUT2D eigenvalue weighted by molar-refractivity contribution is 7.17. The van der Waals surface area contributed by atoms with Crippen molar-refractivity contribution in [3.05, 3.63) is 77.3 Å². The molecule has 0 aliphatic rings. The van der Waals surface area contributed by atoms with Gasteiger partial charge in [-0.3, -0.25) is 14.8 Å². The van der Waals surface area contributed by atoms with E-state index in [1.807, 2.05) is 49.6 Å². The molecule has 4 heterocycles. The fourth-order valence-electron chi connectivity index (χ4n) is 3.22. The molecule has 0 bridgehead atoms. The van der Waals surface area contributed by atoms with Gasteiger partial charge in [0.15, 0.2) is 5.69 Å². The average Bonchev–Trinajstić information content (AvgIpc) is 3.26. The third-order valence-corrected chi connectivity index (χ3v) is 5.76. The lowest BCUT2D eigenvalue weighted by atomic mass is 10.1. The van der Waals surface area contributed by atoms with E-state index in [1.54, 1.807) is 24.8 Å². The molecule has 1 unspecified atom stereocenters. The fourth-order valence-corrected chi connectivity index (χ4v) is 4.04. The SMILES string of the molecule is CCC(NC(=O)c1nc(N[C@@H](C)c2cccnc2)nc2ccsc12)c1cccnc1. The minimum atomic E-state index is -0.224. The largest absolute Gasteiger partial charge is 0.348 e. The van der Waals surface area contributed by atoms with Gasteiger partial charge < -0.3 is 10.6 Å². The Labute approximate surface area is 178 Å². The fraction of sp³-hybridized carbons (Fsp3) is 0.227. The summed E-state index contributed by atoms with van der Waals surface area (Å²) in [5.74, 6) is 0.189. The van der Waals surface area contributed by atoms with Gasteiger partial charge in [0.05, 0.1) is 22.3 Å². The summed E-state index contributed by atoms with van der Waals surface area (Å²) in [6.45, 7) is 4.04. The normalized spacial score (nSPS) is 13.0. The lowest BCUT2D eigenvalue weighted by Gasteiger charge is -2.18. The number of hydrogen-bond donors (Lipinski definition) is 2. The number of carbonyl (C=O) groups excluding carboxylic acids is 1. The van der Waals surface area contributed by atoms with E-state index in [1.165, 1.54) is 11.3 Å². The van der Waals surface area contributed by atoms with Crippen molar-refractivity contribution in [2.24, 2.45) is 0 Å². The Morgan fingerprint density at radius 2 is 1.80 bits per heavy atom. The highest BCUT2D eigenvalue weighted by Gasteiger charge is 2.20. The molecule has 0 spiro atoms. The van der Waals surface area contributed by atoms with Crippen molar-refractivity contribution in [3.8, 4) is 0 Å². The standard InChI is InChI=1S/C22H22N6OS/c1-3-17(16-7-5-10-24-13-16)26-21(29)19-20-18(8-11-30-20)27-22(28-19)25-14(2)15-6-4-9-23-12-15/h4-14,17H,3H2,1-2H3,(H,26,29)(H,25,27,28)/t14-,17?/m0/s1. The zero-order valence-corrected chi connectivity index (χ0v) is 17.6. The van der Waals surface area contributed by atoms with Gasteiger partial charge in [-0.15, -0.1) is 11.3 Å². The van der Waals surface area contributed by atoms with Crippen LogP contribution in [0, 0.1) is 0 Å². The first-order valence-electron chi connectivity index (χ1n) is 9.78. The van der Waals surface area contributed by atoms with Gasteiger partial charge in [0.1, 0.15) is 0 Å². The third kappa shape index (κ3) is 4.28. The van der Waals surface area contributed by atoms with E-state index in [2.05, 4.69) is 30.6 Å². The predicted octanol–water partition coefficient (Wildman–Crippen LogP) is 4.54. The molecule has 152 valence electrons. The van der Waals surface area contributed by atoms with E-state index in [9.17, 15) is 4.79 Å². The van der Waals surface area contributed by atoms with Crippen LogP contribution in [0.25, 0.3) is 10.2 Å². The van der Waals surface area contributed by atoms with E-state index in [-0.39, 0.29) is 18.0 Å². The number of fused-ring (bicyclic) bond motifs is 1. The monoisotopic (exact) mass is 418 g/mol. The maximum Gasteiger partial charge on any atom is 0.272 e. The van der Waals surface area contributed by atoms with Gasteiger partial charge in [0, 0.05) is 24.8 Å². The molecule has 30 heavy (non-hydrogen) atoms. The minimum Gasteiger partial charge on any atom is -0.348 e. The van der Waals surface area contributed by atoms with Crippen molar-refractivity contribution in [1.82, 2.24) is 25.3 Å². The number of carbonyl (C=O) groups is 1. The second kappa shape index (κ2) is 8.96. The molecule has 4 rings (SSSR count). The first-order chi connectivity index (χ1) is 14.7. The number of amides is 1. The molecule has 0 saturated carbocycles. The van der Waals surface area contributed by atoms with Crippen LogP contribution in [0.4, 0.5) is 5.95 Å². The Hall–Kier alpha value is -3.39. The number of anilines is 1. The van der Waals surface area contributed by atoms with E-state index in [4.69, 9.17) is 0 Å². The molecular weight excluding hydrogens is 396 g/mol. The van der Waals surface area contributed by atoms with Crippen LogP contribution in [0.2, 0.25) is 0 Å². The lowest BCUT2D eigenvalue weighted by Crippen LogP contribution is -2.29. The molecule has 2 N–H and O–H groups in total. The second-order valence-electron chi connectivity index (χ2n) is 6.90. The molecule has 0 fully saturated rings. The molecule has 4 aromatic rings. The summed E-state index contributed by atoms with van der Waals surface area (Å²) >= 11 is 1.46. The van der Waals surface area contributed by atoms with E-state index >= 15 is 0 Å². The highest BCUT2D eigenvalue weighted by Crippen LogP contribution is 2.26.